The second kappa shape index (κ2) is 14.6. The zero-order valence-corrected chi connectivity index (χ0v) is 22.7. The molecule has 2 aromatic heterocycles. The van der Waals surface area contributed by atoms with Crippen molar-refractivity contribution in [3.05, 3.63) is 88.1 Å². The van der Waals surface area contributed by atoms with Crippen molar-refractivity contribution in [1.82, 2.24) is 20.0 Å². The van der Waals surface area contributed by atoms with Crippen LogP contribution < -0.4 is 9.47 Å². The Bertz CT molecular complexity index is 1430. The molecule has 15 heteroatoms. The zero-order valence-electron chi connectivity index (χ0n) is 21.1. The van der Waals surface area contributed by atoms with Crippen molar-refractivity contribution in [3.63, 3.8) is 0 Å². The summed E-state index contributed by atoms with van der Waals surface area (Å²) in [6.07, 6.45) is 3.00. The first-order valence-electron chi connectivity index (χ1n) is 11.5. The summed E-state index contributed by atoms with van der Waals surface area (Å²) in [5.74, 6) is 0.467. The van der Waals surface area contributed by atoms with Gasteiger partial charge in [-0.2, -0.15) is 8.42 Å². The van der Waals surface area contributed by atoms with Crippen LogP contribution in [-0.4, -0.2) is 52.2 Å². The summed E-state index contributed by atoms with van der Waals surface area (Å²) in [6, 6.07) is 13.3. The minimum atomic E-state index is -4.70. The molecule has 2 aromatic carbocycles. The topological polar surface area (TPSA) is 126 Å². The fraction of sp³-hybridized carbons (Fsp3) is 0.240. The van der Waals surface area contributed by atoms with Crippen LogP contribution in [0.15, 0.2) is 66.3 Å². The monoisotopic (exact) mass is 598 g/mol. The standard InChI is InChI=1S/C24H21F3N4O3S.CH4O3S/c25-24(26,27)34-22-8-1-18(2-9-22)5-10-23-29-20(17-35-23)16-33-21-6-3-19(4-7-21)15-32-14-13-31-12-11-28-30-31;1-5(2,3)4/h1-12,17H,13-16H2;1H3,(H,2,3,4)/b10-5+;. The molecule has 10 nitrogen and oxygen atoms in total. The Hall–Kier alpha value is -3.79. The molecule has 0 aliphatic rings. The summed E-state index contributed by atoms with van der Waals surface area (Å²) >= 11 is 1.45. The van der Waals surface area contributed by atoms with Crippen LogP contribution in [0.3, 0.4) is 0 Å². The van der Waals surface area contributed by atoms with Crippen LogP contribution in [0.5, 0.6) is 11.5 Å². The van der Waals surface area contributed by atoms with Crippen LogP contribution in [-0.2, 0) is 34.6 Å². The third-order valence-corrected chi connectivity index (χ3v) is 5.48. The lowest BCUT2D eigenvalue weighted by molar-refractivity contribution is -0.274. The third kappa shape index (κ3) is 12.8. The van der Waals surface area contributed by atoms with E-state index in [0.29, 0.717) is 32.6 Å². The molecule has 0 spiro atoms. The molecule has 0 unspecified atom stereocenters. The summed E-state index contributed by atoms with van der Waals surface area (Å²) in [5, 5.41) is 10.3. The van der Waals surface area contributed by atoms with E-state index in [0.717, 1.165) is 27.6 Å². The predicted octanol–water partition coefficient (Wildman–Crippen LogP) is 5.10. The van der Waals surface area contributed by atoms with Gasteiger partial charge < -0.3 is 14.2 Å². The Morgan fingerprint density at radius 1 is 1.02 bits per heavy atom. The number of ether oxygens (including phenoxy) is 3. The van der Waals surface area contributed by atoms with Gasteiger partial charge in [-0.3, -0.25) is 9.23 Å². The van der Waals surface area contributed by atoms with E-state index in [-0.39, 0.29) is 5.75 Å². The lowest BCUT2D eigenvalue weighted by Crippen LogP contribution is -2.16. The summed E-state index contributed by atoms with van der Waals surface area (Å²) in [4.78, 5) is 4.50. The number of nitrogens with zero attached hydrogens (tertiary/aromatic N) is 4. The fourth-order valence-corrected chi connectivity index (χ4v) is 3.65. The van der Waals surface area contributed by atoms with E-state index in [4.69, 9.17) is 14.0 Å². The van der Waals surface area contributed by atoms with Gasteiger partial charge in [0, 0.05) is 11.6 Å². The molecule has 0 saturated carbocycles. The van der Waals surface area contributed by atoms with E-state index in [1.807, 2.05) is 29.6 Å². The Morgan fingerprint density at radius 3 is 2.33 bits per heavy atom. The van der Waals surface area contributed by atoms with Gasteiger partial charge in [0.15, 0.2) is 0 Å². The first kappa shape index (κ1) is 30.7. The van der Waals surface area contributed by atoms with E-state index < -0.39 is 16.5 Å². The number of benzene rings is 2. The molecule has 0 atom stereocenters. The normalized spacial score (nSPS) is 11.7. The molecular weight excluding hydrogens is 573 g/mol. The van der Waals surface area contributed by atoms with Gasteiger partial charge in [0.2, 0.25) is 0 Å². The zero-order chi connectivity index (χ0) is 29.0. The van der Waals surface area contributed by atoms with Crippen molar-refractivity contribution >= 4 is 33.6 Å². The number of aromatic nitrogens is 4. The van der Waals surface area contributed by atoms with Crippen molar-refractivity contribution in [2.45, 2.75) is 26.1 Å². The van der Waals surface area contributed by atoms with E-state index in [2.05, 4.69) is 20.0 Å². The van der Waals surface area contributed by atoms with Gasteiger partial charge in [-0.25, -0.2) is 4.98 Å². The maximum absolute atomic E-state index is 12.2. The molecule has 0 saturated heterocycles. The number of halogens is 3. The molecule has 4 rings (SSSR count). The summed E-state index contributed by atoms with van der Waals surface area (Å²) in [6.45, 7) is 2.01. The molecule has 0 fully saturated rings. The van der Waals surface area contributed by atoms with E-state index >= 15 is 0 Å². The minimum Gasteiger partial charge on any atom is -0.487 e. The molecule has 0 radical (unpaired) electrons. The molecule has 0 bridgehead atoms. The van der Waals surface area contributed by atoms with Crippen LogP contribution in [0.25, 0.3) is 12.2 Å². The number of hydrogen-bond donors (Lipinski definition) is 1. The highest BCUT2D eigenvalue weighted by molar-refractivity contribution is 7.85. The molecule has 214 valence electrons. The van der Waals surface area contributed by atoms with Crippen LogP contribution in [0.2, 0.25) is 0 Å². The second-order valence-corrected chi connectivity index (χ2v) is 10.4. The van der Waals surface area contributed by atoms with Gasteiger partial charge >= 0.3 is 6.36 Å². The smallest absolute Gasteiger partial charge is 0.487 e. The number of alkyl halides is 3. The molecule has 40 heavy (non-hydrogen) atoms. The maximum Gasteiger partial charge on any atom is 0.573 e. The van der Waals surface area contributed by atoms with Crippen molar-refractivity contribution in [2.24, 2.45) is 0 Å². The Morgan fingerprint density at radius 2 is 1.70 bits per heavy atom. The van der Waals surface area contributed by atoms with Crippen molar-refractivity contribution in [3.8, 4) is 11.5 Å². The van der Waals surface area contributed by atoms with Gasteiger partial charge in [0.25, 0.3) is 10.1 Å². The van der Waals surface area contributed by atoms with E-state index in [1.165, 1.54) is 23.5 Å². The maximum atomic E-state index is 12.2. The first-order valence-corrected chi connectivity index (χ1v) is 14.2. The highest BCUT2D eigenvalue weighted by Crippen LogP contribution is 2.23. The highest BCUT2D eigenvalue weighted by Gasteiger charge is 2.30. The molecular formula is C25H25F3N4O6S2. The minimum absolute atomic E-state index is 0.257. The largest absolute Gasteiger partial charge is 0.573 e. The lowest BCUT2D eigenvalue weighted by atomic mass is 10.2. The molecule has 0 amide bonds. The third-order valence-electron chi connectivity index (χ3n) is 4.62. The number of rotatable bonds is 11. The second-order valence-electron chi connectivity index (χ2n) is 8.01. The number of thiazole rings is 1. The van der Waals surface area contributed by atoms with Gasteiger partial charge in [0.05, 0.1) is 37.9 Å². The molecule has 0 aliphatic heterocycles. The molecule has 0 aliphatic carbocycles. The Kier molecular flexibility index (Phi) is 11.2. The van der Waals surface area contributed by atoms with Gasteiger partial charge in [-0.05, 0) is 41.5 Å². The van der Waals surface area contributed by atoms with Crippen LogP contribution in [0, 0.1) is 0 Å². The number of hydrogen-bond acceptors (Lipinski definition) is 9. The summed E-state index contributed by atoms with van der Waals surface area (Å²) in [5.41, 5.74) is 2.55. The van der Waals surface area contributed by atoms with Gasteiger partial charge in [-0.15, -0.1) is 29.6 Å². The lowest BCUT2D eigenvalue weighted by Gasteiger charge is -2.08. The molecule has 1 N–H and O–H groups in total. The Balaban J connectivity index is 0.000000810. The highest BCUT2D eigenvalue weighted by atomic mass is 32.2. The van der Waals surface area contributed by atoms with E-state index in [9.17, 15) is 21.6 Å². The Labute approximate surface area is 232 Å². The summed E-state index contributed by atoms with van der Waals surface area (Å²) in [7, 11) is -3.67. The van der Waals surface area contributed by atoms with Crippen LogP contribution >= 0.6 is 11.3 Å². The predicted molar refractivity (Wildman–Crippen MR) is 142 cm³/mol. The summed E-state index contributed by atoms with van der Waals surface area (Å²) < 4.78 is 79.6. The molecule has 4 aromatic rings. The SMILES string of the molecule is CS(=O)(=O)O.FC(F)(F)Oc1ccc(/C=C/c2nc(COc3ccc(COCCn4ccnn4)cc3)cs2)cc1. The van der Waals surface area contributed by atoms with Gasteiger partial charge in [-0.1, -0.05) is 35.6 Å². The molecule has 2 heterocycles. The van der Waals surface area contributed by atoms with Crippen molar-refractivity contribution in [1.29, 1.82) is 0 Å². The van der Waals surface area contributed by atoms with Gasteiger partial charge in [0.1, 0.15) is 23.1 Å². The van der Waals surface area contributed by atoms with Crippen molar-refractivity contribution in [2.75, 3.05) is 12.9 Å². The fourth-order valence-electron chi connectivity index (χ4n) is 2.95. The quantitative estimate of drug-likeness (QED) is 0.185. The van der Waals surface area contributed by atoms with Crippen LogP contribution in [0.4, 0.5) is 13.2 Å². The van der Waals surface area contributed by atoms with E-state index in [1.54, 1.807) is 41.4 Å². The van der Waals surface area contributed by atoms with Crippen molar-refractivity contribution < 1.29 is 40.4 Å². The average Bonchev–Trinajstić information content (AvgIpc) is 3.56. The van der Waals surface area contributed by atoms with Crippen LogP contribution in [0.1, 0.15) is 21.8 Å². The average molecular weight is 599 g/mol. The first-order chi connectivity index (χ1) is 18.9.